The van der Waals surface area contributed by atoms with E-state index in [1.165, 1.54) is 11.1 Å². The highest BCUT2D eigenvalue weighted by atomic mass is 16.1. The molecule has 2 aliphatic rings. The van der Waals surface area contributed by atoms with Crippen LogP contribution in [0.5, 0.6) is 0 Å². The second-order valence-electron chi connectivity index (χ2n) is 9.21. The Bertz CT molecular complexity index is 1220. The van der Waals surface area contributed by atoms with E-state index >= 15 is 0 Å². The third kappa shape index (κ3) is 2.67. The van der Waals surface area contributed by atoms with Crippen molar-refractivity contribution in [2.45, 2.75) is 51.4 Å². The number of ketones is 1. The predicted octanol–water partition coefficient (Wildman–Crippen LogP) is 5.05. The molecule has 1 aliphatic carbocycles. The molecule has 3 nitrogen and oxygen atoms in total. The molecule has 3 aromatic rings. The second-order valence-corrected chi connectivity index (χ2v) is 9.21. The van der Waals surface area contributed by atoms with Crippen molar-refractivity contribution in [3.63, 3.8) is 0 Å². The highest BCUT2D eigenvalue weighted by Gasteiger charge is 2.40. The smallest absolute Gasteiger partial charge is 0.195 e. The van der Waals surface area contributed by atoms with Gasteiger partial charge in [-0.05, 0) is 73.2 Å². The van der Waals surface area contributed by atoms with Gasteiger partial charge in [-0.15, -0.1) is 6.42 Å². The zero-order valence-corrected chi connectivity index (χ0v) is 18.0. The summed E-state index contributed by atoms with van der Waals surface area (Å²) in [7, 11) is 0. The molecule has 0 atom stereocenters. The Morgan fingerprint density at radius 1 is 1.17 bits per heavy atom. The van der Waals surface area contributed by atoms with Crippen LogP contribution < -0.4 is 5.32 Å². The first-order valence-electron chi connectivity index (χ1n) is 11.0. The predicted molar refractivity (Wildman–Crippen MR) is 122 cm³/mol. The van der Waals surface area contributed by atoms with Gasteiger partial charge < -0.3 is 10.3 Å². The minimum Gasteiger partial charge on any atom is -0.357 e. The van der Waals surface area contributed by atoms with Crippen molar-refractivity contribution in [2.75, 3.05) is 13.1 Å². The third-order valence-electron chi connectivity index (χ3n) is 7.17. The number of nitrogens with one attached hydrogen (secondary N) is 2. The molecule has 1 aromatic heterocycles. The van der Waals surface area contributed by atoms with Crippen LogP contribution in [0.25, 0.3) is 10.9 Å². The molecular weight excluding hydrogens is 368 g/mol. The molecule has 2 N–H and O–H groups in total. The van der Waals surface area contributed by atoms with Gasteiger partial charge in [-0.25, -0.2) is 0 Å². The van der Waals surface area contributed by atoms with Crippen LogP contribution in [-0.2, 0) is 11.8 Å². The van der Waals surface area contributed by atoms with E-state index in [2.05, 4.69) is 49.1 Å². The summed E-state index contributed by atoms with van der Waals surface area (Å²) < 4.78 is 0. The number of fused-ring (bicyclic) bond motifs is 4. The highest BCUT2D eigenvalue weighted by molar-refractivity contribution is 6.20. The van der Waals surface area contributed by atoms with Gasteiger partial charge in [-0.3, -0.25) is 4.79 Å². The zero-order chi connectivity index (χ0) is 21.0. The summed E-state index contributed by atoms with van der Waals surface area (Å²) in [6.07, 6.45) is 8.87. The van der Waals surface area contributed by atoms with Crippen molar-refractivity contribution in [2.24, 2.45) is 0 Å². The monoisotopic (exact) mass is 396 g/mol. The fourth-order valence-electron chi connectivity index (χ4n) is 5.45. The van der Waals surface area contributed by atoms with E-state index < -0.39 is 0 Å². The summed E-state index contributed by atoms with van der Waals surface area (Å²) in [5.41, 5.74) is 8.08. The summed E-state index contributed by atoms with van der Waals surface area (Å²) in [5, 5.41) is 4.44. The van der Waals surface area contributed by atoms with Crippen LogP contribution in [0.2, 0.25) is 0 Å². The molecule has 1 fully saturated rings. The SMILES string of the molecule is C#Cc1ccc2c3c([nH]c2c1)C(C)(C)c1cc(C2CCNCC2)c(CC)cc1C3=O. The van der Waals surface area contributed by atoms with E-state index in [1.807, 2.05) is 18.2 Å². The van der Waals surface area contributed by atoms with E-state index in [4.69, 9.17) is 6.42 Å². The molecule has 30 heavy (non-hydrogen) atoms. The molecule has 0 radical (unpaired) electrons. The van der Waals surface area contributed by atoms with Crippen molar-refractivity contribution < 1.29 is 4.79 Å². The van der Waals surface area contributed by atoms with Crippen LogP contribution in [0.4, 0.5) is 0 Å². The molecule has 5 rings (SSSR count). The van der Waals surface area contributed by atoms with Gasteiger partial charge in [0.15, 0.2) is 5.78 Å². The lowest BCUT2D eigenvalue weighted by atomic mass is 9.69. The molecule has 0 unspecified atom stereocenters. The summed E-state index contributed by atoms with van der Waals surface area (Å²) in [5.74, 6) is 3.40. The third-order valence-corrected chi connectivity index (χ3v) is 7.17. The Morgan fingerprint density at radius 3 is 2.63 bits per heavy atom. The minimum absolute atomic E-state index is 0.130. The minimum atomic E-state index is -0.276. The second kappa shape index (κ2) is 6.86. The fourth-order valence-corrected chi connectivity index (χ4v) is 5.45. The van der Waals surface area contributed by atoms with E-state index in [1.54, 1.807) is 0 Å². The molecule has 0 amide bonds. The first-order chi connectivity index (χ1) is 14.5. The van der Waals surface area contributed by atoms with Crippen LogP contribution in [0.15, 0.2) is 30.3 Å². The first-order valence-corrected chi connectivity index (χ1v) is 11.0. The van der Waals surface area contributed by atoms with Gasteiger partial charge in [-0.2, -0.15) is 0 Å². The molecular formula is C27H28N2O. The number of piperidine rings is 1. The number of benzene rings is 2. The number of aryl methyl sites for hydroxylation is 1. The van der Waals surface area contributed by atoms with Crippen LogP contribution in [0.1, 0.15) is 83.4 Å². The maximum atomic E-state index is 13.7. The molecule has 2 aromatic carbocycles. The van der Waals surface area contributed by atoms with Gasteiger partial charge >= 0.3 is 0 Å². The van der Waals surface area contributed by atoms with Crippen molar-refractivity contribution in [1.29, 1.82) is 0 Å². The first kappa shape index (κ1) is 19.2. The normalized spacial score (nSPS) is 18.1. The van der Waals surface area contributed by atoms with Crippen molar-refractivity contribution >= 4 is 16.7 Å². The van der Waals surface area contributed by atoms with E-state index in [-0.39, 0.29) is 11.2 Å². The van der Waals surface area contributed by atoms with Crippen molar-refractivity contribution in [1.82, 2.24) is 10.3 Å². The maximum Gasteiger partial charge on any atom is 0.195 e. The van der Waals surface area contributed by atoms with Crippen LogP contribution in [0, 0.1) is 12.3 Å². The standard InChI is InChI=1S/C27H28N2O/c1-5-16-7-8-19-23(13-16)29-26-24(19)25(30)21-14-17(6-2)20(15-22(21)27(26,3)4)18-9-11-28-12-10-18/h1,7-8,13-15,18,28-29H,6,9-12H2,2-4H3. The number of carbonyl (C=O) groups is 1. The number of hydrogen-bond acceptors (Lipinski definition) is 2. The number of carbonyl (C=O) groups excluding carboxylic acids is 1. The molecule has 0 bridgehead atoms. The molecule has 1 saturated heterocycles. The van der Waals surface area contributed by atoms with E-state index in [0.29, 0.717) is 5.92 Å². The lowest BCUT2D eigenvalue weighted by molar-refractivity contribution is 0.103. The number of H-pyrrole nitrogens is 1. The van der Waals surface area contributed by atoms with Crippen molar-refractivity contribution in [3.05, 3.63) is 69.4 Å². The number of terminal acetylenes is 1. The summed E-state index contributed by atoms with van der Waals surface area (Å²) in [6, 6.07) is 10.4. The zero-order valence-electron chi connectivity index (χ0n) is 18.0. The Kier molecular flexibility index (Phi) is 4.38. The van der Waals surface area contributed by atoms with Crippen LogP contribution >= 0.6 is 0 Å². The maximum absolute atomic E-state index is 13.7. The van der Waals surface area contributed by atoms with Crippen molar-refractivity contribution in [3.8, 4) is 12.3 Å². The number of rotatable bonds is 2. The highest BCUT2D eigenvalue weighted by Crippen LogP contribution is 2.45. The average Bonchev–Trinajstić information content (AvgIpc) is 3.17. The van der Waals surface area contributed by atoms with E-state index in [9.17, 15) is 4.79 Å². The molecule has 2 heterocycles. The summed E-state index contributed by atoms with van der Waals surface area (Å²) in [6.45, 7) is 8.79. The number of hydrogen-bond donors (Lipinski definition) is 2. The Morgan fingerprint density at radius 2 is 1.93 bits per heavy atom. The summed E-state index contributed by atoms with van der Waals surface area (Å²) >= 11 is 0. The number of aromatic amines is 1. The van der Waals surface area contributed by atoms with Crippen LogP contribution in [0.3, 0.4) is 0 Å². The largest absolute Gasteiger partial charge is 0.357 e. The van der Waals surface area contributed by atoms with E-state index in [0.717, 1.165) is 71.2 Å². The fraction of sp³-hybridized carbons (Fsp3) is 0.370. The quantitative estimate of drug-likeness (QED) is 0.596. The molecule has 0 saturated carbocycles. The Labute approximate surface area is 178 Å². The Balaban J connectivity index is 1.73. The van der Waals surface area contributed by atoms with Gasteiger partial charge in [0.25, 0.3) is 0 Å². The van der Waals surface area contributed by atoms with Gasteiger partial charge in [0, 0.05) is 33.1 Å². The van der Waals surface area contributed by atoms with Gasteiger partial charge in [-0.1, -0.05) is 38.8 Å². The molecule has 152 valence electrons. The topological polar surface area (TPSA) is 44.9 Å². The number of aromatic nitrogens is 1. The lowest BCUT2D eigenvalue weighted by Gasteiger charge is -2.35. The van der Waals surface area contributed by atoms with Gasteiger partial charge in [0.05, 0.1) is 5.56 Å². The lowest BCUT2D eigenvalue weighted by Crippen LogP contribution is -2.32. The molecule has 1 aliphatic heterocycles. The molecule has 0 spiro atoms. The van der Waals surface area contributed by atoms with Gasteiger partial charge in [0.1, 0.15) is 0 Å². The molecule has 3 heteroatoms. The summed E-state index contributed by atoms with van der Waals surface area (Å²) in [4.78, 5) is 17.3. The average molecular weight is 397 g/mol. The Hall–Kier alpha value is -2.83. The van der Waals surface area contributed by atoms with Gasteiger partial charge in [0.2, 0.25) is 0 Å². The van der Waals surface area contributed by atoms with Crippen LogP contribution in [-0.4, -0.2) is 23.9 Å².